The summed E-state index contributed by atoms with van der Waals surface area (Å²) < 4.78 is 1.15. The maximum absolute atomic E-state index is 12.4. The molecule has 1 heterocycles. The molecule has 0 bridgehead atoms. The van der Waals surface area contributed by atoms with Crippen LogP contribution in [0.25, 0.3) is 20.8 Å². The van der Waals surface area contributed by atoms with Crippen LogP contribution in [0.2, 0.25) is 0 Å². The van der Waals surface area contributed by atoms with E-state index in [4.69, 9.17) is 0 Å². The van der Waals surface area contributed by atoms with Gasteiger partial charge in [-0.2, -0.15) is 0 Å². The largest absolute Gasteiger partial charge is 0.326 e. The first-order chi connectivity index (χ1) is 13.6. The van der Waals surface area contributed by atoms with Crippen LogP contribution < -0.4 is 10.6 Å². The van der Waals surface area contributed by atoms with E-state index in [0.29, 0.717) is 16.9 Å². The number of hydrogen-bond acceptors (Lipinski definition) is 4. The summed E-state index contributed by atoms with van der Waals surface area (Å²) in [5, 5.41) is 6.51. The third-order valence-corrected chi connectivity index (χ3v) is 5.24. The molecule has 6 heteroatoms. The number of benzene rings is 3. The van der Waals surface area contributed by atoms with E-state index in [-0.39, 0.29) is 11.8 Å². The highest BCUT2D eigenvalue weighted by Gasteiger charge is 2.09. The van der Waals surface area contributed by atoms with Crippen LogP contribution in [0.4, 0.5) is 11.4 Å². The Morgan fingerprint density at radius 1 is 0.821 bits per heavy atom. The van der Waals surface area contributed by atoms with Crippen LogP contribution in [0, 0.1) is 0 Å². The summed E-state index contributed by atoms with van der Waals surface area (Å²) >= 11 is 1.64. The number of carbonyl (C=O) groups excluding carboxylic acids is 2. The van der Waals surface area contributed by atoms with Gasteiger partial charge < -0.3 is 10.6 Å². The van der Waals surface area contributed by atoms with Crippen LogP contribution in [-0.4, -0.2) is 16.8 Å². The van der Waals surface area contributed by atoms with Gasteiger partial charge in [0.2, 0.25) is 5.91 Å². The molecule has 0 radical (unpaired) electrons. The maximum Gasteiger partial charge on any atom is 0.255 e. The Morgan fingerprint density at radius 3 is 2.14 bits per heavy atom. The summed E-state index contributed by atoms with van der Waals surface area (Å²) in [7, 11) is 0. The monoisotopic (exact) mass is 387 g/mol. The Kier molecular flexibility index (Phi) is 4.87. The van der Waals surface area contributed by atoms with Gasteiger partial charge in [0.05, 0.1) is 10.2 Å². The smallest absolute Gasteiger partial charge is 0.255 e. The highest BCUT2D eigenvalue weighted by molar-refractivity contribution is 7.21. The zero-order valence-corrected chi connectivity index (χ0v) is 15.9. The second-order valence-electron chi connectivity index (χ2n) is 6.28. The number of rotatable bonds is 4. The minimum absolute atomic E-state index is 0.148. The zero-order valence-electron chi connectivity index (χ0n) is 15.1. The molecule has 2 N–H and O–H groups in total. The average Bonchev–Trinajstić information content (AvgIpc) is 3.13. The third-order valence-electron chi connectivity index (χ3n) is 4.15. The molecule has 1 aromatic heterocycles. The van der Waals surface area contributed by atoms with Gasteiger partial charge in [0.1, 0.15) is 5.01 Å². The number of para-hydroxylation sites is 1. The lowest BCUT2D eigenvalue weighted by atomic mass is 10.1. The molecular weight excluding hydrogens is 370 g/mol. The van der Waals surface area contributed by atoms with Crippen LogP contribution in [0.15, 0.2) is 72.8 Å². The van der Waals surface area contributed by atoms with Crippen molar-refractivity contribution in [2.45, 2.75) is 6.92 Å². The number of hydrogen-bond donors (Lipinski definition) is 2. The molecule has 0 atom stereocenters. The summed E-state index contributed by atoms with van der Waals surface area (Å²) in [4.78, 5) is 28.1. The van der Waals surface area contributed by atoms with Gasteiger partial charge >= 0.3 is 0 Å². The third kappa shape index (κ3) is 3.92. The van der Waals surface area contributed by atoms with Crippen LogP contribution in [0.1, 0.15) is 17.3 Å². The number of anilines is 2. The van der Waals surface area contributed by atoms with Crippen molar-refractivity contribution >= 4 is 44.7 Å². The SMILES string of the molecule is CC(=O)Nc1ccc(C(=O)Nc2ccc(-c3nc4ccccc4s3)cc2)cc1. The van der Waals surface area contributed by atoms with Gasteiger partial charge in [-0.05, 0) is 60.7 Å². The number of nitrogens with zero attached hydrogens (tertiary/aromatic N) is 1. The number of aromatic nitrogens is 1. The molecule has 0 saturated heterocycles. The Bertz CT molecular complexity index is 1120. The molecule has 4 rings (SSSR count). The molecule has 2 amide bonds. The fourth-order valence-corrected chi connectivity index (χ4v) is 3.77. The van der Waals surface area contributed by atoms with Crippen LogP contribution >= 0.6 is 11.3 Å². The molecule has 0 aliphatic carbocycles. The van der Waals surface area contributed by atoms with Crippen molar-refractivity contribution in [1.82, 2.24) is 4.98 Å². The van der Waals surface area contributed by atoms with Crippen LogP contribution in [0.5, 0.6) is 0 Å². The van der Waals surface area contributed by atoms with E-state index in [0.717, 1.165) is 20.8 Å². The number of fused-ring (bicyclic) bond motifs is 1. The van der Waals surface area contributed by atoms with E-state index in [2.05, 4.69) is 21.7 Å². The molecular formula is C22H17N3O2S. The van der Waals surface area contributed by atoms with E-state index in [1.54, 1.807) is 35.6 Å². The molecule has 3 aromatic carbocycles. The number of carbonyl (C=O) groups is 2. The Labute approximate surface area is 166 Å². The van der Waals surface area contributed by atoms with Crippen molar-refractivity contribution in [2.24, 2.45) is 0 Å². The molecule has 138 valence electrons. The van der Waals surface area contributed by atoms with Gasteiger partial charge in [0.15, 0.2) is 0 Å². The molecule has 0 saturated carbocycles. The molecule has 28 heavy (non-hydrogen) atoms. The normalized spacial score (nSPS) is 10.6. The lowest BCUT2D eigenvalue weighted by Gasteiger charge is -2.07. The summed E-state index contributed by atoms with van der Waals surface area (Å²) in [5.41, 5.74) is 3.89. The predicted octanol–water partition coefficient (Wildman–Crippen LogP) is 5.17. The van der Waals surface area contributed by atoms with Crippen molar-refractivity contribution in [3.8, 4) is 10.6 Å². The van der Waals surface area contributed by atoms with Gasteiger partial charge in [0, 0.05) is 29.4 Å². The fourth-order valence-electron chi connectivity index (χ4n) is 2.80. The van der Waals surface area contributed by atoms with Gasteiger partial charge in [-0.3, -0.25) is 9.59 Å². The summed E-state index contributed by atoms with van der Waals surface area (Å²) in [6, 6.07) is 22.4. The average molecular weight is 387 g/mol. The predicted molar refractivity (Wildman–Crippen MR) is 114 cm³/mol. The van der Waals surface area contributed by atoms with Crippen LogP contribution in [-0.2, 0) is 4.79 Å². The second-order valence-corrected chi connectivity index (χ2v) is 7.31. The molecule has 5 nitrogen and oxygen atoms in total. The first kappa shape index (κ1) is 17.9. The lowest BCUT2D eigenvalue weighted by Crippen LogP contribution is -2.12. The standard InChI is InChI=1S/C22H17N3O2S/c1-14(26)23-17-10-6-15(7-11-17)21(27)24-18-12-8-16(9-13-18)22-25-19-4-2-3-5-20(19)28-22/h2-13H,1H3,(H,23,26)(H,24,27). The highest BCUT2D eigenvalue weighted by Crippen LogP contribution is 2.30. The quantitative estimate of drug-likeness (QED) is 0.507. The first-order valence-electron chi connectivity index (χ1n) is 8.73. The first-order valence-corrected chi connectivity index (χ1v) is 9.55. The summed E-state index contributed by atoms with van der Waals surface area (Å²) in [5.74, 6) is -0.354. The van der Waals surface area contributed by atoms with Crippen molar-refractivity contribution in [3.63, 3.8) is 0 Å². The second kappa shape index (κ2) is 7.62. The van der Waals surface area contributed by atoms with Crippen LogP contribution in [0.3, 0.4) is 0 Å². The van der Waals surface area contributed by atoms with Gasteiger partial charge in [0.25, 0.3) is 5.91 Å². The summed E-state index contributed by atoms with van der Waals surface area (Å²) in [6.45, 7) is 1.44. The molecule has 0 aliphatic heterocycles. The number of thiazole rings is 1. The lowest BCUT2D eigenvalue weighted by molar-refractivity contribution is -0.114. The highest BCUT2D eigenvalue weighted by atomic mass is 32.1. The maximum atomic E-state index is 12.4. The number of amides is 2. The van der Waals surface area contributed by atoms with E-state index >= 15 is 0 Å². The van der Waals surface area contributed by atoms with E-state index in [1.807, 2.05) is 42.5 Å². The van der Waals surface area contributed by atoms with E-state index in [9.17, 15) is 9.59 Å². The van der Waals surface area contributed by atoms with Crippen molar-refractivity contribution in [2.75, 3.05) is 10.6 Å². The molecule has 4 aromatic rings. The van der Waals surface area contributed by atoms with Gasteiger partial charge in [-0.15, -0.1) is 11.3 Å². The zero-order chi connectivity index (χ0) is 19.5. The van der Waals surface area contributed by atoms with Crippen molar-refractivity contribution < 1.29 is 9.59 Å². The Morgan fingerprint density at radius 2 is 1.46 bits per heavy atom. The molecule has 0 unspecified atom stereocenters. The van der Waals surface area contributed by atoms with E-state index < -0.39 is 0 Å². The van der Waals surface area contributed by atoms with Gasteiger partial charge in [-0.1, -0.05) is 12.1 Å². The van der Waals surface area contributed by atoms with Crippen molar-refractivity contribution in [1.29, 1.82) is 0 Å². The van der Waals surface area contributed by atoms with Gasteiger partial charge in [-0.25, -0.2) is 4.98 Å². The molecule has 0 spiro atoms. The molecule has 0 fully saturated rings. The van der Waals surface area contributed by atoms with Crippen molar-refractivity contribution in [3.05, 3.63) is 78.4 Å². The molecule has 0 aliphatic rings. The minimum atomic E-state index is -0.206. The number of nitrogens with one attached hydrogen (secondary N) is 2. The fraction of sp³-hybridized carbons (Fsp3) is 0.0455. The summed E-state index contributed by atoms with van der Waals surface area (Å²) in [6.07, 6.45) is 0. The Hall–Kier alpha value is -3.51. The van der Waals surface area contributed by atoms with E-state index in [1.165, 1.54) is 6.92 Å². The Balaban J connectivity index is 1.46. The topological polar surface area (TPSA) is 71.1 Å². The minimum Gasteiger partial charge on any atom is -0.326 e.